The number of fused-ring (bicyclic) bond motifs is 3. The van der Waals surface area contributed by atoms with E-state index in [2.05, 4.69) is 5.32 Å². The van der Waals surface area contributed by atoms with E-state index in [0.717, 1.165) is 6.26 Å². The molecular formula is C36H41NO14. The monoisotopic (exact) mass is 711 g/mol. The van der Waals surface area contributed by atoms with E-state index in [-0.39, 0.29) is 23.3 Å². The van der Waals surface area contributed by atoms with E-state index in [1.54, 1.807) is 20.8 Å². The van der Waals surface area contributed by atoms with E-state index in [4.69, 9.17) is 18.9 Å². The van der Waals surface area contributed by atoms with Crippen molar-refractivity contribution in [2.45, 2.75) is 97.1 Å². The number of carbonyl (C=O) groups excluding carboxylic acids is 6. The summed E-state index contributed by atoms with van der Waals surface area (Å²) < 4.78 is 23.0. The highest BCUT2D eigenvalue weighted by Crippen LogP contribution is 2.51. The normalized spacial score (nSPS) is 37.8. The number of phenols is 1. The molecule has 51 heavy (non-hydrogen) atoms. The molecule has 3 heterocycles. The first-order chi connectivity index (χ1) is 23.7. The molecule has 15 heteroatoms. The van der Waals surface area contributed by atoms with Crippen LogP contribution in [0.1, 0.15) is 91.0 Å². The highest BCUT2D eigenvalue weighted by Gasteiger charge is 2.57. The van der Waals surface area contributed by atoms with E-state index in [1.807, 2.05) is 0 Å². The molecule has 6 rings (SSSR count). The Morgan fingerprint density at radius 3 is 2.24 bits per heavy atom. The van der Waals surface area contributed by atoms with Crippen LogP contribution in [0.3, 0.4) is 0 Å². The predicted octanol–water partition coefficient (Wildman–Crippen LogP) is 1.55. The van der Waals surface area contributed by atoms with Gasteiger partial charge in [0.15, 0.2) is 11.4 Å². The lowest BCUT2D eigenvalue weighted by atomic mass is 9.79. The number of ketones is 4. The Kier molecular flexibility index (Phi) is 8.71. The second kappa shape index (κ2) is 12.3. The van der Waals surface area contributed by atoms with E-state index in [9.17, 15) is 49.2 Å². The molecule has 1 amide bonds. The molecule has 5 N–H and O–H groups in total. The van der Waals surface area contributed by atoms with Gasteiger partial charge in [0.1, 0.15) is 29.1 Å². The minimum Gasteiger partial charge on any atom is -0.507 e. The van der Waals surface area contributed by atoms with Gasteiger partial charge in [-0.2, -0.15) is 0 Å². The number of carbonyl (C=O) groups is 6. The highest BCUT2D eigenvalue weighted by molar-refractivity contribution is 6.32. The average Bonchev–Trinajstić information content (AvgIpc) is 3.83. The Morgan fingerprint density at radius 1 is 0.922 bits per heavy atom. The van der Waals surface area contributed by atoms with Crippen LogP contribution in [-0.4, -0.2) is 91.2 Å². The number of amides is 1. The van der Waals surface area contributed by atoms with Gasteiger partial charge < -0.3 is 44.7 Å². The number of rotatable bonds is 1. The summed E-state index contributed by atoms with van der Waals surface area (Å²) in [5, 5.41) is 47.2. The smallest absolute Gasteiger partial charge is 0.312 e. The first-order valence-electron chi connectivity index (χ1n) is 16.8. The molecule has 3 aliphatic heterocycles. The molecule has 0 saturated heterocycles. The van der Waals surface area contributed by atoms with Crippen molar-refractivity contribution in [2.24, 2.45) is 29.6 Å². The maximum absolute atomic E-state index is 14.1. The molecule has 0 aromatic heterocycles. The molecule has 5 aliphatic rings. The summed E-state index contributed by atoms with van der Waals surface area (Å²) in [6.07, 6.45) is -3.04. The van der Waals surface area contributed by atoms with Gasteiger partial charge in [0.25, 0.3) is 11.7 Å². The summed E-state index contributed by atoms with van der Waals surface area (Å²) in [5.41, 5.74) is -4.07. The lowest BCUT2D eigenvalue weighted by Crippen LogP contribution is -2.54. The van der Waals surface area contributed by atoms with Gasteiger partial charge in [0.05, 0.1) is 47.7 Å². The molecular weight excluding hydrogens is 670 g/mol. The second-order valence-electron chi connectivity index (χ2n) is 14.7. The van der Waals surface area contributed by atoms with Crippen LogP contribution in [0.2, 0.25) is 0 Å². The first kappa shape index (κ1) is 36.2. The number of nitrogens with one attached hydrogen (secondary N) is 1. The molecule has 274 valence electrons. The number of esters is 1. The van der Waals surface area contributed by atoms with Gasteiger partial charge in [0.2, 0.25) is 11.6 Å². The fourth-order valence-corrected chi connectivity index (χ4v) is 7.67. The lowest BCUT2D eigenvalue weighted by Gasteiger charge is -2.37. The molecule has 11 atom stereocenters. The number of aromatic hydroxyl groups is 1. The zero-order valence-electron chi connectivity index (χ0n) is 29.1. The Morgan fingerprint density at radius 2 is 1.59 bits per heavy atom. The van der Waals surface area contributed by atoms with Crippen molar-refractivity contribution < 1.29 is 68.1 Å². The van der Waals surface area contributed by atoms with E-state index < -0.39 is 135 Å². The summed E-state index contributed by atoms with van der Waals surface area (Å²) in [4.78, 5) is 81.0. The number of phenolic OH excluding ortho intramolecular Hbond substituents is 1. The van der Waals surface area contributed by atoms with Gasteiger partial charge in [-0.05, 0) is 32.3 Å². The molecule has 0 radical (unpaired) electrons. The van der Waals surface area contributed by atoms with Crippen molar-refractivity contribution in [1.82, 2.24) is 5.32 Å². The topological polar surface area (TPSA) is 232 Å². The Balaban J connectivity index is 1.44. The molecule has 1 saturated carbocycles. The number of allylic oxidation sites excluding steroid dienone is 2. The van der Waals surface area contributed by atoms with Gasteiger partial charge in [-0.15, -0.1) is 0 Å². The third-order valence-electron chi connectivity index (χ3n) is 11.0. The van der Waals surface area contributed by atoms with E-state index >= 15 is 0 Å². The number of hydrogen-bond acceptors (Lipinski definition) is 14. The third-order valence-corrected chi connectivity index (χ3v) is 11.0. The molecule has 0 unspecified atom stereocenters. The van der Waals surface area contributed by atoms with E-state index in [0.29, 0.717) is 0 Å². The van der Waals surface area contributed by atoms with Crippen molar-refractivity contribution in [2.75, 3.05) is 0 Å². The van der Waals surface area contributed by atoms with Crippen LogP contribution in [0.15, 0.2) is 23.8 Å². The van der Waals surface area contributed by atoms with Crippen molar-refractivity contribution in [3.8, 4) is 11.5 Å². The molecule has 15 nitrogen and oxygen atoms in total. The fraction of sp³-hybridized carbons (Fsp3) is 0.556. The molecule has 1 aromatic rings. The van der Waals surface area contributed by atoms with Crippen molar-refractivity contribution in [3.63, 3.8) is 0 Å². The van der Waals surface area contributed by atoms with Gasteiger partial charge >= 0.3 is 11.8 Å². The average molecular weight is 712 g/mol. The summed E-state index contributed by atoms with van der Waals surface area (Å²) >= 11 is 0. The molecule has 5 bridgehead atoms. The lowest BCUT2D eigenvalue weighted by molar-refractivity contribution is -0.160. The summed E-state index contributed by atoms with van der Waals surface area (Å²) in [7, 11) is 0. The van der Waals surface area contributed by atoms with Crippen molar-refractivity contribution in [1.29, 1.82) is 0 Å². The quantitative estimate of drug-likeness (QED) is 0.260. The van der Waals surface area contributed by atoms with Crippen molar-refractivity contribution in [3.05, 3.63) is 46.0 Å². The maximum atomic E-state index is 14.1. The first-order valence-corrected chi connectivity index (χ1v) is 16.8. The molecule has 1 fully saturated rings. The molecule has 2 aliphatic carbocycles. The minimum atomic E-state index is -2.16. The zero-order valence-corrected chi connectivity index (χ0v) is 29.1. The largest absolute Gasteiger partial charge is 0.507 e. The van der Waals surface area contributed by atoms with Crippen molar-refractivity contribution >= 4 is 35.0 Å². The van der Waals surface area contributed by atoms with Crippen LogP contribution in [0.4, 0.5) is 0 Å². The van der Waals surface area contributed by atoms with Crippen LogP contribution in [-0.2, 0) is 28.6 Å². The van der Waals surface area contributed by atoms with Gasteiger partial charge in [-0.25, -0.2) is 0 Å². The number of ether oxygens (including phenoxy) is 4. The number of aliphatic hydroxyl groups is 3. The number of Topliss-reactive ketones (excluding diaryl/α,β-unsaturated/α-hetero) is 4. The SMILES string of the molecule is CC(=O)O[C@H]1[C@H](C)[C@H](O)[C@H](C)[C@@H](O)[C@H]2C[C@H]2C(=O)C[C@]2(C)OC3=C(NC2=O)C(=O)c2c(O)c(C)c4c(c2C3=O)C(=O)[C@@](C)(OC=C[C@H](O)[C@H]1C)O4. The molecule has 0 spiro atoms. The number of aliphatic hydroxyl groups excluding tert-OH is 3. The van der Waals surface area contributed by atoms with Crippen LogP contribution in [0, 0.1) is 36.5 Å². The Labute approximate surface area is 292 Å². The van der Waals surface area contributed by atoms with Gasteiger partial charge in [0, 0.05) is 43.1 Å². The standard InChI is InChI=1S/C36H41NO14/c1-12-19(39)8-9-48-36(7)33(46)23-21-22(27(43)15(4)31(23)51-36)28(44)24-32(29(21)45)50-35(6,34(47)37-24)11-20(40)17-10-18(17)26(42)13(2)25(41)14(3)30(12)49-16(5)38/h8-9,12-14,17-19,25-26,30,39,41-43H,10-11H2,1-7H3,(H,37,47)/t12-,13+,14-,17-,18+,19+,25-,26-,30-,35+,36+/m1/s1. The minimum absolute atomic E-state index is 0.0663. The Hall–Kier alpha value is -4.60. The Bertz CT molecular complexity index is 1850. The fourth-order valence-electron chi connectivity index (χ4n) is 7.67. The summed E-state index contributed by atoms with van der Waals surface area (Å²) in [6.45, 7) is 9.77. The number of benzene rings is 1. The maximum Gasteiger partial charge on any atom is 0.312 e. The second-order valence-corrected chi connectivity index (χ2v) is 14.7. The van der Waals surface area contributed by atoms with Crippen LogP contribution >= 0.6 is 0 Å². The zero-order chi connectivity index (χ0) is 37.6. The summed E-state index contributed by atoms with van der Waals surface area (Å²) in [6, 6.07) is 0. The number of hydrogen-bond donors (Lipinski definition) is 5. The van der Waals surface area contributed by atoms with Gasteiger partial charge in [-0.1, -0.05) is 20.8 Å². The van der Waals surface area contributed by atoms with Gasteiger partial charge in [-0.3, -0.25) is 28.8 Å². The predicted molar refractivity (Wildman–Crippen MR) is 172 cm³/mol. The summed E-state index contributed by atoms with van der Waals surface area (Å²) in [5.74, 6) is -12.5. The third kappa shape index (κ3) is 5.62. The highest BCUT2D eigenvalue weighted by atomic mass is 16.7. The molecule has 1 aromatic carbocycles. The van der Waals surface area contributed by atoms with Crippen LogP contribution in [0.5, 0.6) is 11.5 Å². The van der Waals surface area contributed by atoms with Crippen LogP contribution < -0.4 is 10.1 Å². The van der Waals surface area contributed by atoms with Crippen LogP contribution in [0.25, 0.3) is 0 Å². The van der Waals surface area contributed by atoms with E-state index in [1.165, 1.54) is 33.8 Å².